The predicted molar refractivity (Wildman–Crippen MR) is 46.5 cm³/mol. The number of nitrogens with zero attached hydrogens (tertiary/aromatic N) is 2. The third-order valence-electron chi connectivity index (χ3n) is 1.53. The van der Waals surface area contributed by atoms with E-state index in [0.717, 1.165) is 18.5 Å². The summed E-state index contributed by atoms with van der Waals surface area (Å²) in [6, 6.07) is 0. The van der Waals surface area contributed by atoms with Gasteiger partial charge in [0, 0.05) is 6.20 Å². The monoisotopic (exact) mass is 164 g/mol. The Bertz CT molecular complexity index is 243. The number of aliphatic hydroxyl groups is 1. The summed E-state index contributed by atoms with van der Waals surface area (Å²) in [4.78, 5) is 8.12. The summed E-state index contributed by atoms with van der Waals surface area (Å²) in [6.07, 6.45) is 6.91. The van der Waals surface area contributed by atoms with Crippen LogP contribution in [0.1, 0.15) is 17.8 Å². The quantitative estimate of drug-likeness (QED) is 0.677. The zero-order valence-corrected chi connectivity index (χ0v) is 6.90. The van der Waals surface area contributed by atoms with E-state index in [0.29, 0.717) is 5.69 Å². The second-order valence-corrected chi connectivity index (χ2v) is 2.48. The Labute approximate surface area is 71.8 Å². The molecule has 0 saturated carbocycles. The van der Waals surface area contributed by atoms with Crippen LogP contribution in [0.3, 0.4) is 0 Å². The third-order valence-corrected chi connectivity index (χ3v) is 1.53. The van der Waals surface area contributed by atoms with Crippen molar-refractivity contribution in [1.82, 2.24) is 9.97 Å². The van der Waals surface area contributed by atoms with Crippen LogP contribution >= 0.6 is 0 Å². The van der Waals surface area contributed by atoms with Crippen LogP contribution in [0, 0.1) is 0 Å². The molecule has 0 bridgehead atoms. The van der Waals surface area contributed by atoms with Crippen LogP contribution in [-0.4, -0.2) is 15.1 Å². The molecule has 0 aliphatic carbocycles. The van der Waals surface area contributed by atoms with Gasteiger partial charge in [0.25, 0.3) is 0 Å². The minimum Gasteiger partial charge on any atom is -0.390 e. The molecule has 1 N–H and O–H groups in total. The highest BCUT2D eigenvalue weighted by atomic mass is 16.3. The number of aromatic nitrogens is 2. The fourth-order valence-electron chi connectivity index (χ4n) is 0.842. The number of hydrogen-bond acceptors (Lipinski definition) is 3. The van der Waals surface area contributed by atoms with Crippen LogP contribution in [0.25, 0.3) is 0 Å². The number of rotatable bonds is 4. The normalized spacial score (nSPS) is 9.75. The number of allylic oxidation sites excluding steroid dienone is 1. The topological polar surface area (TPSA) is 46.0 Å². The van der Waals surface area contributed by atoms with Crippen LogP contribution in [0.2, 0.25) is 0 Å². The summed E-state index contributed by atoms with van der Waals surface area (Å²) in [5, 5.41) is 8.69. The van der Waals surface area contributed by atoms with Crippen LogP contribution in [0.5, 0.6) is 0 Å². The molecule has 1 aromatic rings. The summed E-state index contributed by atoms with van der Waals surface area (Å²) in [6.45, 7) is 3.57. The van der Waals surface area contributed by atoms with E-state index < -0.39 is 0 Å². The van der Waals surface area contributed by atoms with Crippen molar-refractivity contribution in [3.05, 3.63) is 36.4 Å². The minimum atomic E-state index is -0.0469. The van der Waals surface area contributed by atoms with Gasteiger partial charge in [0.2, 0.25) is 0 Å². The van der Waals surface area contributed by atoms with E-state index in [4.69, 9.17) is 5.11 Å². The first kappa shape index (κ1) is 8.87. The van der Waals surface area contributed by atoms with Crippen molar-refractivity contribution in [1.29, 1.82) is 0 Å². The van der Waals surface area contributed by atoms with Crippen LogP contribution < -0.4 is 0 Å². The number of aryl methyl sites for hydroxylation is 1. The Hall–Kier alpha value is -1.22. The van der Waals surface area contributed by atoms with Crippen LogP contribution in [0.4, 0.5) is 0 Å². The first-order valence-corrected chi connectivity index (χ1v) is 3.88. The van der Waals surface area contributed by atoms with Gasteiger partial charge in [0.15, 0.2) is 0 Å². The highest BCUT2D eigenvalue weighted by molar-refractivity contribution is 5.02. The van der Waals surface area contributed by atoms with E-state index >= 15 is 0 Å². The molecule has 1 rings (SSSR count). The van der Waals surface area contributed by atoms with Gasteiger partial charge < -0.3 is 5.11 Å². The van der Waals surface area contributed by atoms with Gasteiger partial charge in [0.1, 0.15) is 0 Å². The molecule has 0 atom stereocenters. The molecule has 0 amide bonds. The summed E-state index contributed by atoms with van der Waals surface area (Å²) >= 11 is 0. The summed E-state index contributed by atoms with van der Waals surface area (Å²) in [5.41, 5.74) is 1.55. The van der Waals surface area contributed by atoms with E-state index in [1.807, 2.05) is 6.08 Å². The standard InChI is InChI=1S/C9H12N2O/c1-2-3-4-8-5-11-9(7-12)6-10-8/h2,5-6,12H,1,3-4,7H2. The molecular weight excluding hydrogens is 152 g/mol. The molecule has 0 aliphatic rings. The molecule has 3 heteroatoms. The van der Waals surface area contributed by atoms with Crippen molar-refractivity contribution >= 4 is 0 Å². The summed E-state index contributed by atoms with van der Waals surface area (Å²) in [5.74, 6) is 0. The highest BCUT2D eigenvalue weighted by Gasteiger charge is 1.94. The fraction of sp³-hybridized carbons (Fsp3) is 0.333. The van der Waals surface area contributed by atoms with Gasteiger partial charge >= 0.3 is 0 Å². The van der Waals surface area contributed by atoms with E-state index in [-0.39, 0.29) is 6.61 Å². The van der Waals surface area contributed by atoms with E-state index in [9.17, 15) is 0 Å². The Kier molecular flexibility index (Phi) is 3.41. The molecule has 64 valence electrons. The summed E-state index contributed by atoms with van der Waals surface area (Å²) in [7, 11) is 0. The van der Waals surface area contributed by atoms with Gasteiger partial charge in [-0.05, 0) is 12.8 Å². The first-order chi connectivity index (χ1) is 5.86. The van der Waals surface area contributed by atoms with Gasteiger partial charge in [-0.1, -0.05) is 6.08 Å². The van der Waals surface area contributed by atoms with Crippen molar-refractivity contribution in [2.75, 3.05) is 0 Å². The van der Waals surface area contributed by atoms with E-state index in [1.165, 1.54) is 0 Å². The number of aliphatic hydroxyl groups excluding tert-OH is 1. The molecular formula is C9H12N2O. The smallest absolute Gasteiger partial charge is 0.0868 e. The van der Waals surface area contributed by atoms with Crippen molar-refractivity contribution in [2.24, 2.45) is 0 Å². The average molecular weight is 164 g/mol. The predicted octanol–water partition coefficient (Wildman–Crippen LogP) is 1.09. The minimum absolute atomic E-state index is 0.0469. The first-order valence-electron chi connectivity index (χ1n) is 3.88. The zero-order valence-electron chi connectivity index (χ0n) is 6.90. The molecule has 0 unspecified atom stereocenters. The number of hydrogen-bond donors (Lipinski definition) is 1. The lowest BCUT2D eigenvalue weighted by molar-refractivity contribution is 0.276. The molecule has 0 saturated heterocycles. The van der Waals surface area contributed by atoms with Gasteiger partial charge in [0.05, 0.1) is 24.2 Å². The highest BCUT2D eigenvalue weighted by Crippen LogP contribution is 1.99. The SMILES string of the molecule is C=CCCc1cnc(CO)cn1. The molecule has 1 heterocycles. The van der Waals surface area contributed by atoms with Crippen molar-refractivity contribution < 1.29 is 5.11 Å². The van der Waals surface area contributed by atoms with Crippen LogP contribution in [0.15, 0.2) is 25.0 Å². The van der Waals surface area contributed by atoms with Gasteiger partial charge in [-0.15, -0.1) is 6.58 Å². The zero-order chi connectivity index (χ0) is 8.81. The van der Waals surface area contributed by atoms with E-state index in [1.54, 1.807) is 12.4 Å². The van der Waals surface area contributed by atoms with Gasteiger partial charge in [-0.25, -0.2) is 0 Å². The molecule has 3 nitrogen and oxygen atoms in total. The molecule has 1 aromatic heterocycles. The maximum atomic E-state index is 8.69. The van der Waals surface area contributed by atoms with Crippen LogP contribution in [-0.2, 0) is 13.0 Å². The second-order valence-electron chi connectivity index (χ2n) is 2.48. The third kappa shape index (κ3) is 2.43. The van der Waals surface area contributed by atoms with Crippen molar-refractivity contribution in [3.63, 3.8) is 0 Å². The Morgan fingerprint density at radius 1 is 1.33 bits per heavy atom. The Morgan fingerprint density at radius 3 is 2.50 bits per heavy atom. The Morgan fingerprint density at radius 2 is 2.00 bits per heavy atom. The van der Waals surface area contributed by atoms with Crippen molar-refractivity contribution in [2.45, 2.75) is 19.4 Å². The van der Waals surface area contributed by atoms with Crippen molar-refractivity contribution in [3.8, 4) is 0 Å². The van der Waals surface area contributed by atoms with Gasteiger partial charge in [-0.3, -0.25) is 9.97 Å². The lowest BCUT2D eigenvalue weighted by atomic mass is 10.2. The second kappa shape index (κ2) is 4.62. The molecule has 0 spiro atoms. The maximum Gasteiger partial charge on any atom is 0.0868 e. The molecule has 12 heavy (non-hydrogen) atoms. The maximum absolute atomic E-state index is 8.69. The van der Waals surface area contributed by atoms with E-state index in [2.05, 4.69) is 16.5 Å². The largest absolute Gasteiger partial charge is 0.390 e. The fourth-order valence-corrected chi connectivity index (χ4v) is 0.842. The molecule has 0 aliphatic heterocycles. The lowest BCUT2D eigenvalue weighted by Crippen LogP contribution is -1.95. The van der Waals surface area contributed by atoms with Gasteiger partial charge in [-0.2, -0.15) is 0 Å². The molecule has 0 fully saturated rings. The molecule has 0 aromatic carbocycles. The molecule has 0 radical (unpaired) electrons. The lowest BCUT2D eigenvalue weighted by Gasteiger charge is -1.97. The summed E-state index contributed by atoms with van der Waals surface area (Å²) < 4.78 is 0. The average Bonchev–Trinajstić information content (AvgIpc) is 2.15. The Balaban J connectivity index is 2.58.